The first-order valence-electron chi connectivity index (χ1n) is 9.06. The first-order chi connectivity index (χ1) is 9.58. The molecule has 2 nitrogen and oxygen atoms in total. The molecule has 0 amide bonds. The van der Waals surface area contributed by atoms with Crippen LogP contribution >= 0.6 is 0 Å². The summed E-state index contributed by atoms with van der Waals surface area (Å²) in [6.45, 7) is 13.5. The second kappa shape index (κ2) is 7.26. The number of nitrogens with one attached hydrogen (secondary N) is 1. The lowest BCUT2D eigenvalue weighted by atomic mass is 9.69. The lowest BCUT2D eigenvalue weighted by molar-refractivity contribution is 0.0235. The van der Waals surface area contributed by atoms with Crippen molar-refractivity contribution < 1.29 is 0 Å². The molecule has 1 saturated carbocycles. The van der Waals surface area contributed by atoms with Crippen molar-refractivity contribution in [1.29, 1.82) is 0 Å². The fourth-order valence-corrected chi connectivity index (χ4v) is 4.45. The molecule has 20 heavy (non-hydrogen) atoms. The van der Waals surface area contributed by atoms with Gasteiger partial charge in [-0.25, -0.2) is 0 Å². The summed E-state index contributed by atoms with van der Waals surface area (Å²) in [5.41, 5.74) is 0.456. The van der Waals surface area contributed by atoms with E-state index in [0.29, 0.717) is 11.5 Å². The number of piperidine rings is 1. The summed E-state index contributed by atoms with van der Waals surface area (Å²) in [6.07, 6.45) is 9.68. The Morgan fingerprint density at radius 1 is 1.15 bits per heavy atom. The Labute approximate surface area is 126 Å². The molecule has 0 aromatic carbocycles. The quantitative estimate of drug-likeness (QED) is 0.817. The van der Waals surface area contributed by atoms with E-state index in [1.165, 1.54) is 64.6 Å². The number of nitrogens with zero attached hydrogens (tertiary/aromatic N) is 1. The van der Waals surface area contributed by atoms with E-state index in [0.717, 1.165) is 12.0 Å². The van der Waals surface area contributed by atoms with Crippen LogP contribution in [0, 0.1) is 11.3 Å². The maximum Gasteiger partial charge on any atom is 0.0274 e. The zero-order chi connectivity index (χ0) is 14.6. The Balaban J connectivity index is 2.05. The molecule has 1 heterocycles. The molecule has 3 atom stereocenters. The molecule has 0 spiro atoms. The second-order valence-electron chi connectivity index (χ2n) is 7.79. The molecule has 0 aromatic heterocycles. The van der Waals surface area contributed by atoms with E-state index in [2.05, 4.69) is 37.9 Å². The highest BCUT2D eigenvalue weighted by molar-refractivity contribution is 4.99. The lowest BCUT2D eigenvalue weighted by Gasteiger charge is -2.50. The number of likely N-dealkylation sites (tertiary alicyclic amines) is 1. The maximum atomic E-state index is 3.90. The van der Waals surface area contributed by atoms with Gasteiger partial charge >= 0.3 is 0 Å². The van der Waals surface area contributed by atoms with Crippen LogP contribution < -0.4 is 5.32 Å². The average Bonchev–Trinajstić information content (AvgIpc) is 2.45. The van der Waals surface area contributed by atoms with Crippen molar-refractivity contribution in [3.05, 3.63) is 0 Å². The normalized spacial score (nSPS) is 35.1. The van der Waals surface area contributed by atoms with Crippen molar-refractivity contribution >= 4 is 0 Å². The van der Waals surface area contributed by atoms with Crippen molar-refractivity contribution in [2.45, 2.75) is 84.7 Å². The molecular formula is C18H36N2. The van der Waals surface area contributed by atoms with Gasteiger partial charge in [0.15, 0.2) is 0 Å². The standard InChI is InChI=1S/C18H36N2/c1-5-12-19-17-16(10-7-11-18(17,3)4)20-13-8-9-15(6-2)14-20/h15-17,19H,5-14H2,1-4H3. The topological polar surface area (TPSA) is 15.3 Å². The predicted molar refractivity (Wildman–Crippen MR) is 88.1 cm³/mol. The Morgan fingerprint density at radius 3 is 2.65 bits per heavy atom. The smallest absolute Gasteiger partial charge is 0.0274 e. The summed E-state index contributed by atoms with van der Waals surface area (Å²) in [4.78, 5) is 2.84. The highest BCUT2D eigenvalue weighted by Gasteiger charge is 2.41. The third-order valence-electron chi connectivity index (χ3n) is 5.76. The molecule has 2 fully saturated rings. The predicted octanol–water partition coefficient (Wildman–Crippen LogP) is 4.06. The van der Waals surface area contributed by atoms with Gasteiger partial charge in [0.1, 0.15) is 0 Å². The molecule has 2 rings (SSSR count). The molecule has 1 saturated heterocycles. The minimum atomic E-state index is 0.456. The molecule has 1 aliphatic carbocycles. The van der Waals surface area contributed by atoms with E-state index in [1.807, 2.05) is 0 Å². The third-order valence-corrected chi connectivity index (χ3v) is 5.76. The minimum Gasteiger partial charge on any atom is -0.312 e. The number of hydrogen-bond donors (Lipinski definition) is 1. The van der Waals surface area contributed by atoms with Crippen LogP contribution in [0.5, 0.6) is 0 Å². The summed E-state index contributed by atoms with van der Waals surface area (Å²) < 4.78 is 0. The van der Waals surface area contributed by atoms with Crippen LogP contribution in [-0.2, 0) is 0 Å². The fraction of sp³-hybridized carbons (Fsp3) is 1.00. The zero-order valence-electron chi connectivity index (χ0n) is 14.3. The van der Waals surface area contributed by atoms with Gasteiger partial charge < -0.3 is 5.32 Å². The van der Waals surface area contributed by atoms with Gasteiger partial charge in [-0.15, -0.1) is 0 Å². The molecule has 1 N–H and O–H groups in total. The Kier molecular flexibility index (Phi) is 5.92. The van der Waals surface area contributed by atoms with Gasteiger partial charge in [-0.2, -0.15) is 0 Å². The van der Waals surface area contributed by atoms with Crippen LogP contribution in [-0.4, -0.2) is 36.6 Å². The van der Waals surface area contributed by atoms with E-state index in [-0.39, 0.29) is 0 Å². The third kappa shape index (κ3) is 3.76. The van der Waals surface area contributed by atoms with Crippen molar-refractivity contribution in [3.63, 3.8) is 0 Å². The highest BCUT2D eigenvalue weighted by atomic mass is 15.2. The molecule has 2 heteroatoms. The van der Waals surface area contributed by atoms with Gasteiger partial charge in [-0.05, 0) is 56.5 Å². The first-order valence-corrected chi connectivity index (χ1v) is 9.06. The van der Waals surface area contributed by atoms with Crippen molar-refractivity contribution in [1.82, 2.24) is 10.2 Å². The van der Waals surface area contributed by atoms with Gasteiger partial charge in [-0.3, -0.25) is 4.90 Å². The SMILES string of the molecule is CCCNC1C(N2CCCC(CC)C2)CCCC1(C)C. The maximum absolute atomic E-state index is 3.90. The fourth-order valence-electron chi connectivity index (χ4n) is 4.45. The highest BCUT2D eigenvalue weighted by Crippen LogP contribution is 2.39. The monoisotopic (exact) mass is 280 g/mol. The summed E-state index contributed by atoms with van der Waals surface area (Å²) >= 11 is 0. The lowest BCUT2D eigenvalue weighted by Crippen LogP contribution is -2.60. The Bertz CT molecular complexity index is 287. The van der Waals surface area contributed by atoms with Crippen LogP contribution in [0.4, 0.5) is 0 Å². The number of hydrogen-bond acceptors (Lipinski definition) is 2. The Hall–Kier alpha value is -0.0800. The van der Waals surface area contributed by atoms with E-state index < -0.39 is 0 Å². The molecule has 2 aliphatic rings. The largest absolute Gasteiger partial charge is 0.312 e. The van der Waals surface area contributed by atoms with Crippen molar-refractivity contribution in [3.8, 4) is 0 Å². The number of rotatable bonds is 5. The first kappa shape index (κ1) is 16.3. The molecule has 0 radical (unpaired) electrons. The molecule has 3 unspecified atom stereocenters. The summed E-state index contributed by atoms with van der Waals surface area (Å²) in [5.74, 6) is 0.945. The molecule has 0 aromatic rings. The van der Waals surface area contributed by atoms with E-state index in [1.54, 1.807) is 0 Å². The molecule has 1 aliphatic heterocycles. The molecule has 0 bridgehead atoms. The molecular weight excluding hydrogens is 244 g/mol. The van der Waals surface area contributed by atoms with Gasteiger partial charge in [-0.1, -0.05) is 40.5 Å². The van der Waals surface area contributed by atoms with Crippen LogP contribution in [0.15, 0.2) is 0 Å². The van der Waals surface area contributed by atoms with Crippen LogP contribution in [0.1, 0.15) is 72.6 Å². The second-order valence-corrected chi connectivity index (χ2v) is 7.79. The zero-order valence-corrected chi connectivity index (χ0v) is 14.3. The summed E-state index contributed by atoms with van der Waals surface area (Å²) in [6, 6.07) is 1.46. The summed E-state index contributed by atoms with van der Waals surface area (Å²) in [5, 5.41) is 3.90. The van der Waals surface area contributed by atoms with E-state index in [4.69, 9.17) is 0 Å². The van der Waals surface area contributed by atoms with Crippen LogP contribution in [0.25, 0.3) is 0 Å². The van der Waals surface area contributed by atoms with Crippen molar-refractivity contribution in [2.75, 3.05) is 19.6 Å². The van der Waals surface area contributed by atoms with E-state index >= 15 is 0 Å². The minimum absolute atomic E-state index is 0.456. The van der Waals surface area contributed by atoms with Crippen LogP contribution in [0.3, 0.4) is 0 Å². The van der Waals surface area contributed by atoms with Crippen LogP contribution in [0.2, 0.25) is 0 Å². The van der Waals surface area contributed by atoms with Crippen molar-refractivity contribution in [2.24, 2.45) is 11.3 Å². The Morgan fingerprint density at radius 2 is 1.95 bits per heavy atom. The van der Waals surface area contributed by atoms with Gasteiger partial charge in [0.2, 0.25) is 0 Å². The average molecular weight is 280 g/mol. The van der Waals surface area contributed by atoms with Gasteiger partial charge in [0, 0.05) is 18.6 Å². The van der Waals surface area contributed by atoms with E-state index in [9.17, 15) is 0 Å². The van der Waals surface area contributed by atoms with Gasteiger partial charge in [0.25, 0.3) is 0 Å². The summed E-state index contributed by atoms with van der Waals surface area (Å²) in [7, 11) is 0. The molecule has 118 valence electrons. The van der Waals surface area contributed by atoms with Gasteiger partial charge in [0.05, 0.1) is 0 Å².